The zero-order valence-electron chi connectivity index (χ0n) is 12.1. The summed E-state index contributed by atoms with van der Waals surface area (Å²) in [7, 11) is 1.85. The average Bonchev–Trinajstić information content (AvgIpc) is 2.83. The summed E-state index contributed by atoms with van der Waals surface area (Å²) in [5, 5.41) is 0.746. The summed E-state index contributed by atoms with van der Waals surface area (Å²) < 4.78 is 37.6. The maximum absolute atomic E-state index is 12.5. The quantitative estimate of drug-likeness (QED) is 0.571. The van der Waals surface area contributed by atoms with Gasteiger partial charge in [0.2, 0.25) is 0 Å². The lowest BCUT2D eigenvalue weighted by atomic mass is 10.1. The van der Waals surface area contributed by atoms with Gasteiger partial charge in [0.15, 0.2) is 5.78 Å². The SMILES string of the molecule is CN1C(=CC(=O)c2ccc(C(F)(F)F)cc2)Sc2ccccc21. The van der Waals surface area contributed by atoms with Gasteiger partial charge in [-0.2, -0.15) is 13.2 Å². The fourth-order valence-corrected chi connectivity index (χ4v) is 3.35. The van der Waals surface area contributed by atoms with E-state index in [1.54, 1.807) is 0 Å². The first-order valence-electron chi connectivity index (χ1n) is 6.80. The molecule has 2 nitrogen and oxygen atoms in total. The Bertz CT molecular complexity index is 781. The molecule has 0 saturated carbocycles. The van der Waals surface area contributed by atoms with Crippen molar-refractivity contribution in [2.24, 2.45) is 0 Å². The number of halogens is 3. The molecule has 0 fully saturated rings. The minimum atomic E-state index is -4.40. The van der Waals surface area contributed by atoms with Crippen LogP contribution in [0.1, 0.15) is 15.9 Å². The van der Waals surface area contributed by atoms with Crippen molar-refractivity contribution in [3.05, 3.63) is 70.8 Å². The highest BCUT2D eigenvalue weighted by Gasteiger charge is 2.30. The number of thioether (sulfide) groups is 1. The number of anilines is 1. The van der Waals surface area contributed by atoms with Gasteiger partial charge in [-0.1, -0.05) is 36.0 Å². The van der Waals surface area contributed by atoms with Crippen molar-refractivity contribution in [3.63, 3.8) is 0 Å². The number of ketones is 1. The predicted octanol–water partition coefficient (Wildman–Crippen LogP) is 4.97. The Kier molecular flexibility index (Phi) is 3.93. The molecule has 0 aliphatic carbocycles. The topological polar surface area (TPSA) is 20.3 Å². The van der Waals surface area contributed by atoms with Crippen LogP contribution in [0.15, 0.2) is 64.5 Å². The average molecular weight is 335 g/mol. The van der Waals surface area contributed by atoms with Gasteiger partial charge in [0.05, 0.1) is 16.3 Å². The number of hydrogen-bond donors (Lipinski definition) is 0. The lowest BCUT2D eigenvalue weighted by Gasteiger charge is -2.13. The maximum atomic E-state index is 12.5. The minimum Gasteiger partial charge on any atom is -0.338 e. The van der Waals surface area contributed by atoms with Crippen molar-refractivity contribution in [1.29, 1.82) is 0 Å². The standard InChI is InChI=1S/C17H12F3NOS/c1-21-13-4-2-3-5-15(13)23-16(21)10-14(22)11-6-8-12(9-7-11)17(18,19)20/h2-10H,1H3. The van der Waals surface area contributed by atoms with Crippen LogP contribution in [0, 0.1) is 0 Å². The molecule has 0 amide bonds. The molecule has 118 valence electrons. The van der Waals surface area contributed by atoms with Crippen molar-refractivity contribution < 1.29 is 18.0 Å². The van der Waals surface area contributed by atoms with Crippen LogP contribution in [0.2, 0.25) is 0 Å². The molecule has 1 heterocycles. The number of allylic oxidation sites excluding steroid dienone is 1. The van der Waals surface area contributed by atoms with E-state index in [0.717, 1.165) is 27.7 Å². The van der Waals surface area contributed by atoms with Gasteiger partial charge >= 0.3 is 6.18 Å². The summed E-state index contributed by atoms with van der Waals surface area (Å²) in [5.74, 6) is -0.319. The van der Waals surface area contributed by atoms with E-state index in [4.69, 9.17) is 0 Å². The van der Waals surface area contributed by atoms with E-state index >= 15 is 0 Å². The van der Waals surface area contributed by atoms with E-state index in [-0.39, 0.29) is 11.3 Å². The highest BCUT2D eigenvalue weighted by molar-refractivity contribution is 8.03. The summed E-state index contributed by atoms with van der Waals surface area (Å²) in [6.07, 6.45) is -2.95. The number of rotatable bonds is 2. The van der Waals surface area contributed by atoms with Gasteiger partial charge in [0, 0.05) is 23.6 Å². The van der Waals surface area contributed by atoms with Crippen molar-refractivity contribution >= 4 is 23.2 Å². The van der Waals surface area contributed by atoms with Crippen molar-refractivity contribution in [2.75, 3.05) is 11.9 Å². The number of fused-ring (bicyclic) bond motifs is 1. The molecule has 0 spiro atoms. The lowest BCUT2D eigenvalue weighted by Crippen LogP contribution is -2.11. The van der Waals surface area contributed by atoms with Crippen LogP contribution < -0.4 is 4.90 Å². The number of alkyl halides is 3. The molecule has 0 radical (unpaired) electrons. The van der Waals surface area contributed by atoms with Crippen LogP contribution in [0.4, 0.5) is 18.9 Å². The van der Waals surface area contributed by atoms with E-state index in [2.05, 4.69) is 0 Å². The molecule has 6 heteroatoms. The molecule has 0 unspecified atom stereocenters. The molecule has 0 N–H and O–H groups in total. The number of hydrogen-bond acceptors (Lipinski definition) is 3. The molecular weight excluding hydrogens is 323 g/mol. The summed E-state index contributed by atoms with van der Waals surface area (Å²) in [6.45, 7) is 0. The van der Waals surface area contributed by atoms with Crippen LogP contribution in [0.5, 0.6) is 0 Å². The van der Waals surface area contributed by atoms with Gasteiger partial charge in [0.25, 0.3) is 0 Å². The monoisotopic (exact) mass is 335 g/mol. The zero-order chi connectivity index (χ0) is 16.6. The minimum absolute atomic E-state index is 0.232. The van der Waals surface area contributed by atoms with E-state index in [0.29, 0.717) is 0 Å². The first-order chi connectivity index (χ1) is 10.9. The summed E-state index contributed by atoms with van der Waals surface area (Å²) in [5.41, 5.74) is 0.473. The van der Waals surface area contributed by atoms with Gasteiger partial charge in [-0.3, -0.25) is 4.79 Å². The summed E-state index contributed by atoms with van der Waals surface area (Å²) in [6, 6.07) is 12.0. The third-order valence-corrected chi connectivity index (χ3v) is 4.69. The first-order valence-corrected chi connectivity index (χ1v) is 7.62. The van der Waals surface area contributed by atoms with Gasteiger partial charge in [0.1, 0.15) is 0 Å². The Labute approximate surface area is 135 Å². The second kappa shape index (κ2) is 5.77. The Hall–Kier alpha value is -2.21. The fourth-order valence-electron chi connectivity index (χ4n) is 2.27. The number of para-hydroxylation sites is 1. The van der Waals surface area contributed by atoms with Crippen LogP contribution in [0.3, 0.4) is 0 Å². The number of nitrogens with zero attached hydrogens (tertiary/aromatic N) is 1. The van der Waals surface area contributed by atoms with Crippen LogP contribution in [-0.4, -0.2) is 12.8 Å². The normalized spacial score (nSPS) is 15.8. The van der Waals surface area contributed by atoms with Gasteiger partial charge < -0.3 is 4.90 Å². The molecule has 1 aliphatic heterocycles. The Morgan fingerprint density at radius 1 is 1.09 bits per heavy atom. The molecule has 0 atom stereocenters. The van der Waals surface area contributed by atoms with E-state index in [1.807, 2.05) is 36.2 Å². The highest BCUT2D eigenvalue weighted by atomic mass is 32.2. The van der Waals surface area contributed by atoms with Gasteiger partial charge in [-0.25, -0.2) is 0 Å². The first kappa shape index (κ1) is 15.7. The lowest BCUT2D eigenvalue weighted by molar-refractivity contribution is -0.137. The molecule has 3 rings (SSSR count). The smallest absolute Gasteiger partial charge is 0.338 e. The third-order valence-electron chi connectivity index (χ3n) is 3.52. The van der Waals surface area contributed by atoms with Gasteiger partial charge in [-0.15, -0.1) is 0 Å². The number of benzene rings is 2. The molecule has 0 aromatic heterocycles. The number of carbonyl (C=O) groups excluding carboxylic acids is 1. The van der Waals surface area contributed by atoms with Crippen molar-refractivity contribution in [3.8, 4) is 0 Å². The van der Waals surface area contributed by atoms with Crippen molar-refractivity contribution in [1.82, 2.24) is 0 Å². The van der Waals surface area contributed by atoms with Gasteiger partial charge in [-0.05, 0) is 24.3 Å². The van der Waals surface area contributed by atoms with E-state index < -0.39 is 11.7 Å². The largest absolute Gasteiger partial charge is 0.416 e. The summed E-state index contributed by atoms with van der Waals surface area (Å²) in [4.78, 5) is 15.2. The Morgan fingerprint density at radius 3 is 2.35 bits per heavy atom. The highest BCUT2D eigenvalue weighted by Crippen LogP contribution is 2.44. The molecule has 2 aromatic rings. The molecule has 1 aliphatic rings. The molecule has 0 saturated heterocycles. The maximum Gasteiger partial charge on any atom is 0.416 e. The second-order valence-corrected chi connectivity index (χ2v) is 6.11. The fraction of sp³-hybridized carbons (Fsp3) is 0.118. The Balaban J connectivity index is 1.83. The van der Waals surface area contributed by atoms with Crippen LogP contribution >= 0.6 is 11.8 Å². The molecule has 23 heavy (non-hydrogen) atoms. The van der Waals surface area contributed by atoms with E-state index in [1.165, 1.54) is 30.0 Å². The van der Waals surface area contributed by atoms with Crippen LogP contribution in [0.25, 0.3) is 0 Å². The Morgan fingerprint density at radius 2 is 1.74 bits per heavy atom. The zero-order valence-corrected chi connectivity index (χ0v) is 12.9. The predicted molar refractivity (Wildman–Crippen MR) is 84.6 cm³/mol. The molecule has 2 aromatic carbocycles. The van der Waals surface area contributed by atoms with Crippen molar-refractivity contribution in [2.45, 2.75) is 11.1 Å². The molecular formula is C17H12F3NOS. The van der Waals surface area contributed by atoms with E-state index in [9.17, 15) is 18.0 Å². The third kappa shape index (κ3) is 3.12. The summed E-state index contributed by atoms with van der Waals surface area (Å²) >= 11 is 1.46. The second-order valence-electron chi connectivity index (χ2n) is 5.05. The number of carbonyl (C=O) groups is 1. The molecule has 0 bridgehead atoms. The van der Waals surface area contributed by atoms with Crippen LogP contribution in [-0.2, 0) is 6.18 Å².